The molecule has 0 fully saturated rings. The lowest BCUT2D eigenvalue weighted by Gasteiger charge is -2.16. The van der Waals surface area contributed by atoms with Crippen LogP contribution in [0.2, 0.25) is 0 Å². The van der Waals surface area contributed by atoms with Gasteiger partial charge in [-0.15, -0.1) is 0 Å². The fourth-order valence-electron chi connectivity index (χ4n) is 1.75. The molecule has 0 saturated carbocycles. The van der Waals surface area contributed by atoms with E-state index in [2.05, 4.69) is 4.98 Å². The molecule has 0 saturated heterocycles. The van der Waals surface area contributed by atoms with Crippen molar-refractivity contribution in [3.8, 4) is 0 Å². The number of hydrogen-bond donors (Lipinski definition) is 1. The minimum atomic E-state index is -3.91. The van der Waals surface area contributed by atoms with Crippen LogP contribution in [0.5, 0.6) is 0 Å². The summed E-state index contributed by atoms with van der Waals surface area (Å²) in [5, 5.41) is 0. The molecule has 0 aliphatic heterocycles. The lowest BCUT2D eigenvalue weighted by atomic mass is 10.2. The first-order chi connectivity index (χ1) is 9.71. The highest BCUT2D eigenvalue weighted by molar-refractivity contribution is 7.91. The van der Waals surface area contributed by atoms with E-state index in [1.165, 1.54) is 20.0 Å². The van der Waals surface area contributed by atoms with E-state index in [9.17, 15) is 22.0 Å². The van der Waals surface area contributed by atoms with Gasteiger partial charge >= 0.3 is 4.87 Å². The summed E-state index contributed by atoms with van der Waals surface area (Å²) in [6, 6.07) is 2.93. The van der Waals surface area contributed by atoms with E-state index in [0.29, 0.717) is 17.4 Å². The largest absolute Gasteiger partial charge is 0.315 e. The van der Waals surface area contributed by atoms with Crippen LogP contribution in [0, 0.1) is 18.6 Å². The zero-order valence-electron chi connectivity index (χ0n) is 11.2. The van der Waals surface area contributed by atoms with Crippen LogP contribution in [-0.4, -0.2) is 24.8 Å². The van der Waals surface area contributed by atoms with Crippen LogP contribution in [0.1, 0.15) is 11.3 Å². The fraction of sp³-hybridized carbons (Fsp3) is 0.250. The van der Waals surface area contributed by atoms with Gasteiger partial charge in [0, 0.05) is 30.9 Å². The number of aryl methyl sites for hydroxylation is 1. The van der Waals surface area contributed by atoms with Crippen LogP contribution in [-0.2, 0) is 16.6 Å². The first kappa shape index (κ1) is 15.8. The van der Waals surface area contributed by atoms with Gasteiger partial charge in [-0.1, -0.05) is 17.4 Å². The second-order valence-corrected chi connectivity index (χ2v) is 7.65. The summed E-state index contributed by atoms with van der Waals surface area (Å²) in [5.41, 5.74) is 0.277. The summed E-state index contributed by atoms with van der Waals surface area (Å²) in [7, 11) is -2.65. The number of nitrogens with one attached hydrogen (secondary N) is 1. The van der Waals surface area contributed by atoms with E-state index in [0.717, 1.165) is 10.4 Å². The third-order valence-corrected chi connectivity index (χ3v) is 6.22. The molecule has 2 rings (SSSR count). The maximum absolute atomic E-state index is 13.6. The zero-order chi connectivity index (χ0) is 15.8. The van der Waals surface area contributed by atoms with Crippen LogP contribution >= 0.6 is 11.3 Å². The highest BCUT2D eigenvalue weighted by Crippen LogP contribution is 2.22. The number of hydrogen-bond acceptors (Lipinski definition) is 4. The first-order valence-electron chi connectivity index (χ1n) is 5.82. The molecule has 1 aromatic heterocycles. The molecule has 1 N–H and O–H groups in total. The Labute approximate surface area is 123 Å². The number of aromatic amines is 1. The molecule has 1 aromatic carbocycles. The molecule has 9 heteroatoms. The molecule has 2 aromatic rings. The van der Waals surface area contributed by atoms with Crippen molar-refractivity contribution in [2.45, 2.75) is 17.7 Å². The molecule has 0 unspecified atom stereocenters. The molecule has 0 aliphatic rings. The molecule has 0 spiro atoms. The second-order valence-electron chi connectivity index (χ2n) is 4.42. The van der Waals surface area contributed by atoms with Gasteiger partial charge in [-0.25, -0.2) is 17.2 Å². The van der Waals surface area contributed by atoms with Gasteiger partial charge in [0.2, 0.25) is 0 Å². The smallest absolute Gasteiger partial charge is 0.305 e. The van der Waals surface area contributed by atoms with Crippen LogP contribution in [0.3, 0.4) is 0 Å². The number of thiazole rings is 1. The number of sulfonamides is 1. The van der Waals surface area contributed by atoms with Gasteiger partial charge in [0.05, 0.1) is 0 Å². The molecular formula is C12H12F2N2O3S2. The van der Waals surface area contributed by atoms with Crippen molar-refractivity contribution >= 4 is 21.4 Å². The van der Waals surface area contributed by atoms with Crippen LogP contribution < -0.4 is 4.87 Å². The predicted octanol–water partition coefficient (Wildman–Crippen LogP) is 1.84. The van der Waals surface area contributed by atoms with Crippen molar-refractivity contribution in [2.24, 2.45) is 0 Å². The van der Waals surface area contributed by atoms with Gasteiger partial charge in [-0.2, -0.15) is 4.31 Å². The van der Waals surface area contributed by atoms with Crippen LogP contribution in [0.25, 0.3) is 0 Å². The molecule has 0 bridgehead atoms. The summed E-state index contributed by atoms with van der Waals surface area (Å²) < 4.78 is 51.9. The van der Waals surface area contributed by atoms with Crippen molar-refractivity contribution in [3.05, 3.63) is 50.8 Å². The maximum atomic E-state index is 13.6. The van der Waals surface area contributed by atoms with E-state index in [-0.39, 0.29) is 22.0 Å². The Kier molecular flexibility index (Phi) is 4.26. The third-order valence-electron chi connectivity index (χ3n) is 2.83. The fourth-order valence-corrected chi connectivity index (χ4v) is 4.39. The Balaban J connectivity index is 2.33. The van der Waals surface area contributed by atoms with Crippen molar-refractivity contribution < 1.29 is 17.2 Å². The van der Waals surface area contributed by atoms with Crippen molar-refractivity contribution in [1.29, 1.82) is 0 Å². The van der Waals surface area contributed by atoms with Crippen LogP contribution in [0.15, 0.2) is 27.2 Å². The minimum absolute atomic E-state index is 0.0445. The van der Waals surface area contributed by atoms with Gasteiger partial charge in [0.25, 0.3) is 10.0 Å². The summed E-state index contributed by atoms with van der Waals surface area (Å²) in [6.45, 7) is 1.21. The number of benzene rings is 1. The van der Waals surface area contributed by atoms with E-state index in [1.807, 2.05) is 0 Å². The molecule has 5 nitrogen and oxygen atoms in total. The molecule has 0 atom stereocenters. The summed E-state index contributed by atoms with van der Waals surface area (Å²) in [6.07, 6.45) is 0. The predicted molar refractivity (Wildman–Crippen MR) is 74.7 cm³/mol. The van der Waals surface area contributed by atoms with Crippen molar-refractivity contribution in [2.75, 3.05) is 7.05 Å². The number of halogens is 2. The van der Waals surface area contributed by atoms with E-state index >= 15 is 0 Å². The summed E-state index contributed by atoms with van der Waals surface area (Å²) in [4.78, 5) is 13.1. The van der Waals surface area contributed by atoms with Gasteiger partial charge in [-0.3, -0.25) is 4.79 Å². The zero-order valence-corrected chi connectivity index (χ0v) is 12.8. The Bertz CT molecular complexity index is 827. The highest BCUT2D eigenvalue weighted by atomic mass is 32.2. The molecule has 0 amide bonds. The Hall–Kier alpha value is -1.58. The van der Waals surface area contributed by atoms with Gasteiger partial charge in [-0.05, 0) is 13.0 Å². The van der Waals surface area contributed by atoms with E-state index in [1.54, 1.807) is 0 Å². The highest BCUT2D eigenvalue weighted by Gasteiger charge is 2.26. The Morgan fingerprint density at radius 2 is 2.00 bits per heavy atom. The van der Waals surface area contributed by atoms with Crippen molar-refractivity contribution in [1.82, 2.24) is 9.29 Å². The third kappa shape index (κ3) is 3.20. The molecule has 0 aliphatic carbocycles. The number of nitrogens with zero attached hydrogens (tertiary/aromatic N) is 1. The molecule has 114 valence electrons. The van der Waals surface area contributed by atoms with Gasteiger partial charge in [0.15, 0.2) is 4.21 Å². The quantitative estimate of drug-likeness (QED) is 0.927. The van der Waals surface area contributed by atoms with E-state index < -0.39 is 26.5 Å². The lowest BCUT2D eigenvalue weighted by Crippen LogP contribution is -2.26. The Morgan fingerprint density at radius 3 is 2.52 bits per heavy atom. The average molecular weight is 334 g/mol. The molecule has 1 heterocycles. The first-order valence-corrected chi connectivity index (χ1v) is 8.07. The minimum Gasteiger partial charge on any atom is -0.315 e. The molecule has 0 radical (unpaired) electrons. The average Bonchev–Trinajstić information content (AvgIpc) is 2.72. The van der Waals surface area contributed by atoms with Crippen molar-refractivity contribution in [3.63, 3.8) is 0 Å². The Morgan fingerprint density at radius 1 is 1.33 bits per heavy atom. The standard InChI is InChI=1S/C12H12F2N2O3S2/c1-7-11(20-12(17)15-7)21(18,19)16(2)6-8-3-4-9(13)5-10(8)14/h3-5H,6H2,1-2H3,(H,15,17). The SMILES string of the molecule is Cc1[nH]c(=O)sc1S(=O)(=O)N(C)Cc1ccc(F)cc1F. The summed E-state index contributed by atoms with van der Waals surface area (Å²) in [5.74, 6) is -1.56. The number of rotatable bonds is 4. The summed E-state index contributed by atoms with van der Waals surface area (Å²) >= 11 is 0.572. The monoisotopic (exact) mass is 334 g/mol. The number of aromatic nitrogens is 1. The van der Waals surface area contributed by atoms with Gasteiger partial charge in [0.1, 0.15) is 11.6 Å². The molecular weight excluding hydrogens is 322 g/mol. The molecule has 21 heavy (non-hydrogen) atoms. The maximum Gasteiger partial charge on any atom is 0.305 e. The van der Waals surface area contributed by atoms with Gasteiger partial charge < -0.3 is 4.98 Å². The van der Waals surface area contributed by atoms with E-state index in [4.69, 9.17) is 0 Å². The second kappa shape index (κ2) is 5.66. The van der Waals surface area contributed by atoms with Crippen LogP contribution in [0.4, 0.5) is 8.78 Å². The lowest BCUT2D eigenvalue weighted by molar-refractivity contribution is 0.455. The number of H-pyrrole nitrogens is 1. The normalized spacial score (nSPS) is 12.0. The topological polar surface area (TPSA) is 70.2 Å².